The van der Waals surface area contributed by atoms with E-state index < -0.39 is 23.2 Å². The fourth-order valence-corrected chi connectivity index (χ4v) is 4.76. The Morgan fingerprint density at radius 1 is 1.08 bits per heavy atom. The average molecular weight is 525 g/mol. The number of benzene rings is 4. The van der Waals surface area contributed by atoms with Crippen LogP contribution in [0, 0.1) is 11.6 Å². The molecule has 0 aliphatic carbocycles. The summed E-state index contributed by atoms with van der Waals surface area (Å²) in [4.78, 5) is 13.3. The highest BCUT2D eigenvalue weighted by molar-refractivity contribution is 5.90. The van der Waals surface area contributed by atoms with Gasteiger partial charge < -0.3 is 20.1 Å². The highest BCUT2D eigenvalue weighted by atomic mass is 35.5. The van der Waals surface area contributed by atoms with Crippen molar-refractivity contribution in [2.75, 3.05) is 18.0 Å². The Labute approximate surface area is 220 Å². The number of rotatable bonds is 7. The van der Waals surface area contributed by atoms with Gasteiger partial charge in [-0.3, -0.25) is 0 Å². The predicted molar refractivity (Wildman–Crippen MR) is 143 cm³/mol. The van der Waals surface area contributed by atoms with Crippen LogP contribution in [-0.4, -0.2) is 30.3 Å². The number of aromatic carboxylic acids is 1. The van der Waals surface area contributed by atoms with Crippen molar-refractivity contribution in [2.45, 2.75) is 25.5 Å². The number of carbonyl (C=O) groups is 1. The lowest BCUT2D eigenvalue weighted by Crippen LogP contribution is -2.39. The largest absolute Gasteiger partial charge is 0.486 e. The second-order valence-electron chi connectivity index (χ2n) is 8.96. The van der Waals surface area contributed by atoms with Gasteiger partial charge in [-0.25, -0.2) is 13.6 Å². The summed E-state index contributed by atoms with van der Waals surface area (Å²) in [5, 5.41) is 15.3. The molecule has 0 aromatic heterocycles. The van der Waals surface area contributed by atoms with Gasteiger partial charge >= 0.3 is 5.97 Å². The van der Waals surface area contributed by atoms with Crippen LogP contribution < -0.4 is 15.0 Å². The van der Waals surface area contributed by atoms with Gasteiger partial charge in [-0.1, -0.05) is 42.5 Å². The number of carboxylic acids is 1. The number of halogens is 3. The van der Waals surface area contributed by atoms with E-state index in [4.69, 9.17) is 4.74 Å². The number of fused-ring (bicyclic) bond motifs is 2. The summed E-state index contributed by atoms with van der Waals surface area (Å²) in [6.07, 6.45) is 0.346. The molecular weight excluding hydrogens is 498 g/mol. The average Bonchev–Trinajstić information content (AvgIpc) is 2.87. The highest BCUT2D eigenvalue weighted by Crippen LogP contribution is 2.39. The fraction of sp³-hybridized carbons (Fsp3) is 0.207. The van der Waals surface area contributed by atoms with Crippen LogP contribution in [0.1, 0.15) is 35.3 Å². The van der Waals surface area contributed by atoms with Crippen molar-refractivity contribution >= 4 is 40.5 Å². The van der Waals surface area contributed by atoms with Crippen molar-refractivity contribution in [3.05, 3.63) is 102 Å². The van der Waals surface area contributed by atoms with Crippen molar-refractivity contribution < 1.29 is 23.4 Å². The second-order valence-corrected chi connectivity index (χ2v) is 8.96. The molecule has 8 heteroatoms. The molecule has 0 spiro atoms. The zero-order chi connectivity index (χ0) is 25.2. The third-order valence-electron chi connectivity index (χ3n) is 6.59. The van der Waals surface area contributed by atoms with Gasteiger partial charge in [-0.2, -0.15) is 0 Å². The van der Waals surface area contributed by atoms with E-state index in [9.17, 15) is 18.7 Å². The summed E-state index contributed by atoms with van der Waals surface area (Å²) >= 11 is 0. The minimum atomic E-state index is -1.34. The van der Waals surface area contributed by atoms with E-state index in [0.717, 1.165) is 6.07 Å². The molecule has 0 bridgehead atoms. The summed E-state index contributed by atoms with van der Waals surface area (Å²) in [5.41, 5.74) is 1.91. The van der Waals surface area contributed by atoms with Crippen LogP contribution in [0.15, 0.2) is 78.9 Å². The summed E-state index contributed by atoms with van der Waals surface area (Å²) in [7, 11) is 0. The third kappa shape index (κ3) is 5.53. The van der Waals surface area contributed by atoms with E-state index >= 15 is 0 Å². The Morgan fingerprint density at radius 2 is 1.86 bits per heavy atom. The van der Waals surface area contributed by atoms with E-state index in [1.807, 2.05) is 17.0 Å². The van der Waals surface area contributed by atoms with Gasteiger partial charge in [-0.15, -0.1) is 12.4 Å². The SMILES string of the molecule is C[C@@H](NCCC1CN(c2ccc(F)c(C(=O)O)c2)c2ccc(F)cc2O1)c1cccc2ccccc12.Cl. The van der Waals surface area contributed by atoms with E-state index in [-0.39, 0.29) is 24.6 Å². The van der Waals surface area contributed by atoms with Gasteiger partial charge in [0.25, 0.3) is 0 Å². The lowest BCUT2D eigenvalue weighted by atomic mass is 9.99. The molecule has 5 nitrogen and oxygen atoms in total. The van der Waals surface area contributed by atoms with Crippen LogP contribution in [0.2, 0.25) is 0 Å². The molecule has 0 saturated heterocycles. The summed E-state index contributed by atoms with van der Waals surface area (Å²) < 4.78 is 34.1. The zero-order valence-corrected chi connectivity index (χ0v) is 21.0. The maximum atomic E-state index is 14.0. The number of anilines is 2. The molecular formula is C29H27ClF2N2O3. The molecule has 192 valence electrons. The van der Waals surface area contributed by atoms with Crippen molar-refractivity contribution in [2.24, 2.45) is 0 Å². The molecule has 1 unspecified atom stereocenters. The van der Waals surface area contributed by atoms with Gasteiger partial charge in [-0.05, 0) is 66.6 Å². The van der Waals surface area contributed by atoms with Gasteiger partial charge in [0.2, 0.25) is 0 Å². The monoisotopic (exact) mass is 524 g/mol. The van der Waals surface area contributed by atoms with Crippen LogP contribution in [0.5, 0.6) is 5.75 Å². The lowest BCUT2D eigenvalue weighted by molar-refractivity contribution is 0.0692. The van der Waals surface area contributed by atoms with Crippen molar-refractivity contribution in [1.29, 1.82) is 0 Å². The first-order valence-electron chi connectivity index (χ1n) is 11.9. The smallest absolute Gasteiger partial charge is 0.338 e. The lowest BCUT2D eigenvalue weighted by Gasteiger charge is -2.36. The first-order chi connectivity index (χ1) is 17.4. The molecule has 2 atom stereocenters. The number of carboxylic acid groups (broad SMARTS) is 1. The minimum Gasteiger partial charge on any atom is -0.486 e. The zero-order valence-electron chi connectivity index (χ0n) is 20.2. The topological polar surface area (TPSA) is 61.8 Å². The molecule has 4 aromatic rings. The quantitative estimate of drug-likeness (QED) is 0.276. The molecule has 0 saturated carbocycles. The molecule has 0 radical (unpaired) electrons. The molecule has 37 heavy (non-hydrogen) atoms. The summed E-state index contributed by atoms with van der Waals surface area (Å²) in [6, 6.07) is 22.8. The summed E-state index contributed by atoms with van der Waals surface area (Å²) in [5.74, 6) is -2.20. The molecule has 1 heterocycles. The highest BCUT2D eigenvalue weighted by Gasteiger charge is 2.28. The fourth-order valence-electron chi connectivity index (χ4n) is 4.76. The van der Waals surface area contributed by atoms with Crippen molar-refractivity contribution in [3.8, 4) is 5.75 Å². The Kier molecular flexibility index (Phi) is 7.95. The van der Waals surface area contributed by atoms with Crippen LogP contribution in [0.25, 0.3) is 10.8 Å². The summed E-state index contributed by atoms with van der Waals surface area (Å²) in [6.45, 7) is 3.18. The number of nitrogens with one attached hydrogen (secondary N) is 1. The first-order valence-corrected chi connectivity index (χ1v) is 11.9. The Hall–Kier alpha value is -3.68. The van der Waals surface area contributed by atoms with Crippen LogP contribution in [0.3, 0.4) is 0 Å². The minimum absolute atomic E-state index is 0. The van der Waals surface area contributed by atoms with Crippen LogP contribution >= 0.6 is 12.4 Å². The van der Waals surface area contributed by atoms with E-state index in [1.54, 1.807) is 6.07 Å². The third-order valence-corrected chi connectivity index (χ3v) is 6.59. The molecule has 0 amide bonds. The van der Waals surface area contributed by atoms with Crippen LogP contribution in [-0.2, 0) is 0 Å². The van der Waals surface area contributed by atoms with E-state index in [2.05, 4.69) is 42.6 Å². The molecule has 0 fully saturated rings. The number of hydrogen-bond acceptors (Lipinski definition) is 4. The maximum absolute atomic E-state index is 14.0. The standard InChI is InChI=1S/C29H26F2N2O3.ClH/c1-18(23-8-4-6-19-5-2-3-7-24(19)23)32-14-13-22-17-33(27-12-9-20(30)15-28(27)36-22)21-10-11-26(31)25(16-21)29(34)35;/h2-12,15-16,18,22,32H,13-14,17H2,1H3,(H,34,35);1H/t18-,22?;/m1./s1. The molecule has 1 aliphatic rings. The van der Waals surface area contributed by atoms with Crippen LogP contribution in [0.4, 0.5) is 20.2 Å². The number of hydrogen-bond donors (Lipinski definition) is 2. The Balaban J connectivity index is 0.00000320. The molecule has 5 rings (SSSR count). The number of ether oxygens (including phenoxy) is 1. The van der Waals surface area contributed by atoms with Gasteiger partial charge in [0.05, 0.1) is 17.8 Å². The van der Waals surface area contributed by atoms with E-state index in [1.165, 1.54) is 40.6 Å². The van der Waals surface area contributed by atoms with Crippen molar-refractivity contribution in [3.63, 3.8) is 0 Å². The molecule has 4 aromatic carbocycles. The van der Waals surface area contributed by atoms with Gasteiger partial charge in [0.1, 0.15) is 23.5 Å². The van der Waals surface area contributed by atoms with E-state index in [0.29, 0.717) is 36.6 Å². The predicted octanol–water partition coefficient (Wildman–Crippen LogP) is 6.88. The normalized spacial score (nSPS) is 15.4. The Bertz CT molecular complexity index is 1430. The molecule has 2 N–H and O–H groups in total. The first kappa shape index (κ1) is 26.4. The Morgan fingerprint density at radius 3 is 2.68 bits per heavy atom. The second kappa shape index (κ2) is 11.2. The van der Waals surface area contributed by atoms with Gasteiger partial charge in [0, 0.05) is 17.8 Å². The van der Waals surface area contributed by atoms with Crippen molar-refractivity contribution in [1.82, 2.24) is 5.32 Å². The number of nitrogens with zero attached hydrogens (tertiary/aromatic N) is 1. The molecule has 1 aliphatic heterocycles. The van der Waals surface area contributed by atoms with Gasteiger partial charge in [0.15, 0.2) is 0 Å². The maximum Gasteiger partial charge on any atom is 0.338 e.